The summed E-state index contributed by atoms with van der Waals surface area (Å²) < 4.78 is -0.680. The van der Waals surface area contributed by atoms with Gasteiger partial charge in [-0.15, -0.1) is 0 Å². The van der Waals surface area contributed by atoms with E-state index in [1.807, 2.05) is 86.6 Å². The molecule has 7 N–H and O–H groups in total. The van der Waals surface area contributed by atoms with Gasteiger partial charge in [0, 0.05) is 28.4 Å². The summed E-state index contributed by atoms with van der Waals surface area (Å²) in [5.41, 5.74) is 13.8. The summed E-state index contributed by atoms with van der Waals surface area (Å²) in [6, 6.07) is 19.4. The minimum atomic E-state index is -1.01. The Bertz CT molecular complexity index is 1450. The number of nitrogens with one attached hydrogen (secondary N) is 3. The third-order valence-electron chi connectivity index (χ3n) is 7.41. The lowest BCUT2D eigenvalue weighted by atomic mass is 10.00. The summed E-state index contributed by atoms with van der Waals surface area (Å²) in [4.78, 5) is 52.8. The van der Waals surface area contributed by atoms with Crippen LogP contribution in [0.3, 0.4) is 0 Å². The predicted octanol–water partition coefficient (Wildman–Crippen LogP) is 2.15. The van der Waals surface area contributed by atoms with Crippen LogP contribution in [0.5, 0.6) is 0 Å². The van der Waals surface area contributed by atoms with Crippen LogP contribution in [0.2, 0.25) is 0 Å². The van der Waals surface area contributed by atoms with Crippen molar-refractivity contribution in [1.82, 2.24) is 16.0 Å². The minimum Gasteiger partial charge on any atom is -0.368 e. The quantitative estimate of drug-likeness (QED) is 0.271. The van der Waals surface area contributed by atoms with Gasteiger partial charge in [0.2, 0.25) is 23.6 Å². The standard InChI is InChI=1S/C32H39N5O4S2/c1-32(2)27(28(34)38)37-30(40)25(18-20-8-4-3-5-9-20)35-31(41)26(19-42-14-15-43-32)36-29(39)24(33)17-21-12-13-22-10-6-7-11-23(22)16-21/h3-13,16,24-27H,14-15,17-19,33H2,1-2H3,(H2,34,38)(H,35,41)(H,36,39)(H,37,40)/t24-,25-,26?,27-/m0/s1. The summed E-state index contributed by atoms with van der Waals surface area (Å²) in [7, 11) is 0. The normalized spacial score (nSPS) is 22.2. The van der Waals surface area contributed by atoms with Crippen LogP contribution >= 0.6 is 23.5 Å². The molecule has 43 heavy (non-hydrogen) atoms. The maximum absolute atomic E-state index is 13.6. The van der Waals surface area contributed by atoms with Gasteiger partial charge in [-0.3, -0.25) is 19.2 Å². The molecule has 1 aliphatic heterocycles. The van der Waals surface area contributed by atoms with Crippen molar-refractivity contribution in [3.8, 4) is 0 Å². The molecule has 9 nitrogen and oxygen atoms in total. The first-order chi connectivity index (χ1) is 20.5. The van der Waals surface area contributed by atoms with Crippen molar-refractivity contribution in [2.75, 3.05) is 17.3 Å². The largest absolute Gasteiger partial charge is 0.368 e. The molecule has 11 heteroatoms. The number of carbonyl (C=O) groups is 4. The summed E-state index contributed by atoms with van der Waals surface area (Å²) in [5, 5.41) is 10.6. The average Bonchev–Trinajstić information content (AvgIpc) is 2.98. The van der Waals surface area contributed by atoms with Gasteiger partial charge in [0.05, 0.1) is 6.04 Å². The Kier molecular flexibility index (Phi) is 11.1. The Balaban J connectivity index is 1.52. The Morgan fingerprint density at radius 3 is 2.35 bits per heavy atom. The number of hydrogen-bond acceptors (Lipinski definition) is 7. The van der Waals surface area contributed by atoms with Crippen molar-refractivity contribution >= 4 is 57.9 Å². The van der Waals surface area contributed by atoms with Gasteiger partial charge in [0.15, 0.2) is 0 Å². The average molecular weight is 622 g/mol. The second-order valence-corrected chi connectivity index (χ2v) is 14.1. The molecular weight excluding hydrogens is 583 g/mol. The summed E-state index contributed by atoms with van der Waals surface area (Å²) in [6.45, 7) is 3.73. The molecule has 4 atom stereocenters. The number of nitrogens with two attached hydrogens (primary N) is 2. The van der Waals surface area contributed by atoms with E-state index in [9.17, 15) is 19.2 Å². The molecule has 1 aliphatic rings. The van der Waals surface area contributed by atoms with E-state index in [0.717, 1.165) is 21.9 Å². The highest BCUT2D eigenvalue weighted by Gasteiger charge is 2.38. The van der Waals surface area contributed by atoms with Crippen LogP contribution in [-0.4, -0.2) is 69.8 Å². The first-order valence-electron chi connectivity index (χ1n) is 14.2. The molecule has 4 amide bonds. The molecule has 0 radical (unpaired) electrons. The van der Waals surface area contributed by atoms with E-state index in [4.69, 9.17) is 11.5 Å². The fourth-order valence-electron chi connectivity index (χ4n) is 4.98. The van der Waals surface area contributed by atoms with Crippen LogP contribution < -0.4 is 27.4 Å². The van der Waals surface area contributed by atoms with E-state index >= 15 is 0 Å². The molecule has 1 heterocycles. The first kappa shape index (κ1) is 32.4. The highest BCUT2D eigenvalue weighted by Crippen LogP contribution is 2.29. The molecule has 0 saturated carbocycles. The number of thioether (sulfide) groups is 2. The van der Waals surface area contributed by atoms with E-state index in [1.165, 1.54) is 23.5 Å². The molecule has 0 aromatic heterocycles. The molecular formula is C32H39N5O4S2. The first-order valence-corrected chi connectivity index (χ1v) is 16.4. The van der Waals surface area contributed by atoms with E-state index < -0.39 is 52.5 Å². The number of benzene rings is 3. The van der Waals surface area contributed by atoms with E-state index in [-0.39, 0.29) is 6.42 Å². The lowest BCUT2D eigenvalue weighted by Crippen LogP contribution is -2.61. The van der Waals surface area contributed by atoms with Crippen LogP contribution in [0.4, 0.5) is 0 Å². The molecule has 1 saturated heterocycles. The third kappa shape index (κ3) is 8.98. The van der Waals surface area contributed by atoms with E-state index in [2.05, 4.69) is 16.0 Å². The van der Waals surface area contributed by atoms with Crippen LogP contribution in [0, 0.1) is 0 Å². The van der Waals surface area contributed by atoms with Gasteiger partial charge in [-0.05, 0) is 42.2 Å². The Hall–Kier alpha value is -3.54. The van der Waals surface area contributed by atoms with Gasteiger partial charge in [-0.2, -0.15) is 23.5 Å². The number of hydrogen-bond donors (Lipinski definition) is 5. The SMILES string of the molecule is CC1(C)SCCSCC(NC(=O)[C@@H](N)Cc2ccc3ccccc3c2)C(=O)N[C@@H](Cc2ccccc2)C(=O)N[C@H]1C(N)=O. The Morgan fingerprint density at radius 2 is 1.63 bits per heavy atom. The van der Waals surface area contributed by atoms with Crippen LogP contribution in [0.1, 0.15) is 25.0 Å². The number of amides is 4. The lowest BCUT2D eigenvalue weighted by molar-refractivity contribution is -0.133. The number of carbonyl (C=O) groups excluding carboxylic acids is 4. The van der Waals surface area contributed by atoms with Gasteiger partial charge in [-0.25, -0.2) is 0 Å². The zero-order valence-corrected chi connectivity index (χ0v) is 26.0. The maximum Gasteiger partial charge on any atom is 0.244 e. The molecule has 1 fully saturated rings. The summed E-state index contributed by atoms with van der Waals surface area (Å²) in [6.07, 6.45) is 0.490. The topological polar surface area (TPSA) is 156 Å². The molecule has 1 unspecified atom stereocenters. The zero-order valence-electron chi connectivity index (χ0n) is 24.4. The molecule has 0 aliphatic carbocycles. The molecule has 3 aromatic rings. The Labute approximate surface area is 260 Å². The van der Waals surface area contributed by atoms with Gasteiger partial charge in [-0.1, -0.05) is 72.8 Å². The fourth-order valence-corrected chi connectivity index (χ4v) is 7.29. The highest BCUT2D eigenvalue weighted by molar-refractivity contribution is 8.03. The predicted molar refractivity (Wildman–Crippen MR) is 175 cm³/mol. The lowest BCUT2D eigenvalue weighted by Gasteiger charge is -2.33. The molecule has 3 aromatic carbocycles. The van der Waals surface area contributed by atoms with Crippen molar-refractivity contribution in [2.24, 2.45) is 11.5 Å². The van der Waals surface area contributed by atoms with Crippen molar-refractivity contribution in [3.05, 3.63) is 83.9 Å². The minimum absolute atomic E-state index is 0.187. The third-order valence-corrected chi connectivity index (χ3v) is 10.1. The van der Waals surface area contributed by atoms with E-state index in [0.29, 0.717) is 23.7 Å². The second-order valence-electron chi connectivity index (χ2n) is 11.2. The molecule has 0 spiro atoms. The monoisotopic (exact) mass is 621 g/mol. The van der Waals surface area contributed by atoms with E-state index in [1.54, 1.807) is 0 Å². The van der Waals surface area contributed by atoms with Crippen molar-refractivity contribution in [3.63, 3.8) is 0 Å². The maximum atomic E-state index is 13.6. The smallest absolute Gasteiger partial charge is 0.244 e. The van der Waals surface area contributed by atoms with Crippen LogP contribution in [0.25, 0.3) is 10.8 Å². The van der Waals surface area contributed by atoms with Gasteiger partial charge < -0.3 is 27.4 Å². The van der Waals surface area contributed by atoms with Gasteiger partial charge in [0.25, 0.3) is 0 Å². The van der Waals surface area contributed by atoms with Crippen molar-refractivity contribution in [1.29, 1.82) is 0 Å². The van der Waals surface area contributed by atoms with Crippen molar-refractivity contribution < 1.29 is 19.2 Å². The van der Waals surface area contributed by atoms with Crippen molar-refractivity contribution in [2.45, 2.75) is 55.6 Å². The van der Waals surface area contributed by atoms with Crippen LogP contribution in [-0.2, 0) is 32.0 Å². The summed E-state index contributed by atoms with van der Waals surface area (Å²) in [5.74, 6) is -0.537. The fraction of sp³-hybridized carbons (Fsp3) is 0.375. The number of fused-ring (bicyclic) bond motifs is 1. The summed E-state index contributed by atoms with van der Waals surface area (Å²) >= 11 is 3.02. The second kappa shape index (κ2) is 14.8. The number of rotatable bonds is 7. The molecule has 228 valence electrons. The molecule has 4 rings (SSSR count). The zero-order chi connectivity index (χ0) is 31.0. The highest BCUT2D eigenvalue weighted by atomic mass is 32.2. The molecule has 0 bridgehead atoms. The Morgan fingerprint density at radius 1 is 0.930 bits per heavy atom. The van der Waals surface area contributed by atoms with Crippen LogP contribution in [0.15, 0.2) is 72.8 Å². The number of primary amides is 1. The van der Waals surface area contributed by atoms with Gasteiger partial charge in [0.1, 0.15) is 18.1 Å². The van der Waals surface area contributed by atoms with Gasteiger partial charge >= 0.3 is 0 Å².